The van der Waals surface area contributed by atoms with Gasteiger partial charge in [0.25, 0.3) is 5.91 Å². The largest absolute Gasteiger partial charge is 0.496 e. The molecule has 0 aromatic heterocycles. The molecule has 0 bridgehead atoms. The third-order valence-corrected chi connectivity index (χ3v) is 2.40. The Morgan fingerprint density at radius 2 is 2.18 bits per heavy atom. The van der Waals surface area contributed by atoms with Crippen LogP contribution < -0.4 is 15.8 Å². The standard InChI is InChI=1S/C12H18N2O2.ClH/c1-8-4-5-10(6-11(8)16-3)12(15)14-9(2)7-13;/h4-6,9H,7,13H2,1-3H3,(H,14,15);1H/t9-;/m1./s1. The van der Waals surface area contributed by atoms with Crippen molar-refractivity contribution in [1.29, 1.82) is 0 Å². The van der Waals surface area contributed by atoms with E-state index in [9.17, 15) is 4.79 Å². The van der Waals surface area contributed by atoms with Gasteiger partial charge in [-0.15, -0.1) is 12.4 Å². The second-order valence-corrected chi connectivity index (χ2v) is 3.79. The highest BCUT2D eigenvalue weighted by Crippen LogP contribution is 2.18. The van der Waals surface area contributed by atoms with Crippen LogP contribution in [0.15, 0.2) is 18.2 Å². The van der Waals surface area contributed by atoms with Crippen LogP contribution >= 0.6 is 12.4 Å². The van der Waals surface area contributed by atoms with Gasteiger partial charge in [0.2, 0.25) is 0 Å². The zero-order chi connectivity index (χ0) is 12.1. The van der Waals surface area contributed by atoms with Gasteiger partial charge in [-0.05, 0) is 31.5 Å². The predicted octanol–water partition coefficient (Wildman–Crippen LogP) is 1.50. The van der Waals surface area contributed by atoms with Crippen LogP contribution in [0.3, 0.4) is 0 Å². The highest BCUT2D eigenvalue weighted by Gasteiger charge is 2.10. The number of nitrogens with two attached hydrogens (primary N) is 1. The van der Waals surface area contributed by atoms with Crippen molar-refractivity contribution in [3.8, 4) is 5.75 Å². The van der Waals surface area contributed by atoms with E-state index < -0.39 is 0 Å². The summed E-state index contributed by atoms with van der Waals surface area (Å²) in [5.41, 5.74) is 7.03. The van der Waals surface area contributed by atoms with Crippen molar-refractivity contribution < 1.29 is 9.53 Å². The topological polar surface area (TPSA) is 64.3 Å². The van der Waals surface area contributed by atoms with Gasteiger partial charge in [0.15, 0.2) is 0 Å². The Labute approximate surface area is 108 Å². The summed E-state index contributed by atoms with van der Waals surface area (Å²) in [6.45, 7) is 4.22. The summed E-state index contributed by atoms with van der Waals surface area (Å²) in [6.07, 6.45) is 0. The first-order valence-electron chi connectivity index (χ1n) is 5.24. The normalized spacial score (nSPS) is 11.3. The molecule has 1 aromatic rings. The number of amides is 1. The molecule has 0 radical (unpaired) electrons. The van der Waals surface area contributed by atoms with Crippen molar-refractivity contribution in [2.75, 3.05) is 13.7 Å². The first-order chi connectivity index (χ1) is 7.58. The van der Waals surface area contributed by atoms with Crippen molar-refractivity contribution in [3.05, 3.63) is 29.3 Å². The molecule has 0 saturated heterocycles. The Bertz CT molecular complexity index is 383. The number of rotatable bonds is 4. The minimum atomic E-state index is -0.128. The van der Waals surface area contributed by atoms with E-state index in [4.69, 9.17) is 10.5 Å². The Hall–Kier alpha value is -1.26. The first kappa shape index (κ1) is 15.7. The molecule has 4 nitrogen and oxygen atoms in total. The van der Waals surface area contributed by atoms with Gasteiger partial charge in [0.05, 0.1) is 7.11 Å². The minimum absolute atomic E-state index is 0. The monoisotopic (exact) mass is 258 g/mol. The molecule has 0 saturated carbocycles. The fourth-order valence-electron chi connectivity index (χ4n) is 1.33. The molecule has 0 fully saturated rings. The number of methoxy groups -OCH3 is 1. The van der Waals surface area contributed by atoms with Gasteiger partial charge in [0, 0.05) is 18.2 Å². The number of hydrogen-bond acceptors (Lipinski definition) is 3. The average Bonchev–Trinajstić information content (AvgIpc) is 2.29. The third kappa shape index (κ3) is 4.24. The third-order valence-electron chi connectivity index (χ3n) is 2.40. The van der Waals surface area contributed by atoms with E-state index >= 15 is 0 Å². The number of hydrogen-bond donors (Lipinski definition) is 2. The lowest BCUT2D eigenvalue weighted by Gasteiger charge is -2.12. The Kier molecular flexibility index (Phi) is 6.61. The molecule has 1 atom stereocenters. The molecular formula is C12H19ClN2O2. The summed E-state index contributed by atoms with van der Waals surface area (Å²) in [6, 6.07) is 5.34. The molecule has 0 aliphatic carbocycles. The van der Waals surface area contributed by atoms with Crippen LogP contribution in [0, 0.1) is 6.92 Å². The van der Waals surface area contributed by atoms with Gasteiger partial charge in [0.1, 0.15) is 5.75 Å². The van der Waals surface area contributed by atoms with Gasteiger partial charge in [-0.25, -0.2) is 0 Å². The molecule has 0 heterocycles. The zero-order valence-electron chi connectivity index (χ0n) is 10.3. The summed E-state index contributed by atoms with van der Waals surface area (Å²) in [5.74, 6) is 0.587. The molecular weight excluding hydrogens is 240 g/mol. The quantitative estimate of drug-likeness (QED) is 0.860. The van der Waals surface area contributed by atoms with Crippen LogP contribution in [0.25, 0.3) is 0 Å². The number of carbonyl (C=O) groups is 1. The van der Waals surface area contributed by atoms with Crippen LogP contribution in [0.1, 0.15) is 22.8 Å². The van der Waals surface area contributed by atoms with Gasteiger partial charge < -0.3 is 15.8 Å². The summed E-state index contributed by atoms with van der Waals surface area (Å²) < 4.78 is 5.16. The number of halogens is 1. The summed E-state index contributed by atoms with van der Waals surface area (Å²) in [4.78, 5) is 11.8. The number of ether oxygens (including phenoxy) is 1. The summed E-state index contributed by atoms with van der Waals surface area (Å²) in [7, 11) is 1.59. The lowest BCUT2D eigenvalue weighted by molar-refractivity contribution is 0.0941. The second-order valence-electron chi connectivity index (χ2n) is 3.79. The highest BCUT2D eigenvalue weighted by atomic mass is 35.5. The molecule has 0 spiro atoms. The van der Waals surface area contributed by atoms with E-state index in [0.29, 0.717) is 17.9 Å². The number of nitrogens with one attached hydrogen (secondary N) is 1. The molecule has 3 N–H and O–H groups in total. The molecule has 5 heteroatoms. The first-order valence-corrected chi connectivity index (χ1v) is 5.24. The van der Waals surface area contributed by atoms with Gasteiger partial charge in [-0.1, -0.05) is 6.07 Å². The Balaban J connectivity index is 0.00000256. The zero-order valence-corrected chi connectivity index (χ0v) is 11.1. The van der Waals surface area contributed by atoms with Crippen molar-refractivity contribution in [2.45, 2.75) is 19.9 Å². The molecule has 17 heavy (non-hydrogen) atoms. The van der Waals surface area contributed by atoms with E-state index in [1.54, 1.807) is 19.2 Å². The lowest BCUT2D eigenvalue weighted by Crippen LogP contribution is -2.37. The molecule has 96 valence electrons. The SMILES string of the molecule is COc1cc(C(=O)N[C@H](C)CN)ccc1C.Cl. The maximum absolute atomic E-state index is 11.8. The van der Waals surface area contributed by atoms with Crippen LogP contribution in [0.2, 0.25) is 0 Å². The fourth-order valence-corrected chi connectivity index (χ4v) is 1.33. The second kappa shape index (κ2) is 7.14. The number of aryl methyl sites for hydroxylation is 1. The smallest absolute Gasteiger partial charge is 0.251 e. The van der Waals surface area contributed by atoms with E-state index in [2.05, 4.69) is 5.32 Å². The van der Waals surface area contributed by atoms with Crippen molar-refractivity contribution in [1.82, 2.24) is 5.32 Å². The minimum Gasteiger partial charge on any atom is -0.496 e. The summed E-state index contributed by atoms with van der Waals surface area (Å²) in [5, 5.41) is 2.80. The Morgan fingerprint density at radius 3 is 2.71 bits per heavy atom. The van der Waals surface area contributed by atoms with Crippen molar-refractivity contribution in [3.63, 3.8) is 0 Å². The van der Waals surface area contributed by atoms with E-state index in [0.717, 1.165) is 5.56 Å². The van der Waals surface area contributed by atoms with Gasteiger partial charge in [-0.3, -0.25) is 4.79 Å². The molecule has 1 aromatic carbocycles. The van der Waals surface area contributed by atoms with Crippen LogP contribution in [0.5, 0.6) is 5.75 Å². The average molecular weight is 259 g/mol. The van der Waals surface area contributed by atoms with Gasteiger partial charge >= 0.3 is 0 Å². The number of benzene rings is 1. The maximum atomic E-state index is 11.8. The van der Waals surface area contributed by atoms with Gasteiger partial charge in [-0.2, -0.15) is 0 Å². The van der Waals surface area contributed by atoms with Crippen LogP contribution in [-0.2, 0) is 0 Å². The van der Waals surface area contributed by atoms with Crippen LogP contribution in [-0.4, -0.2) is 25.6 Å². The number of carbonyl (C=O) groups excluding carboxylic acids is 1. The molecule has 1 rings (SSSR count). The maximum Gasteiger partial charge on any atom is 0.251 e. The molecule has 1 amide bonds. The van der Waals surface area contributed by atoms with E-state index in [1.165, 1.54) is 0 Å². The van der Waals surface area contributed by atoms with Crippen molar-refractivity contribution >= 4 is 18.3 Å². The van der Waals surface area contributed by atoms with Crippen molar-refractivity contribution in [2.24, 2.45) is 5.73 Å². The van der Waals surface area contributed by atoms with E-state index in [1.807, 2.05) is 19.9 Å². The summed E-state index contributed by atoms with van der Waals surface area (Å²) >= 11 is 0. The fraction of sp³-hybridized carbons (Fsp3) is 0.417. The predicted molar refractivity (Wildman–Crippen MR) is 71.0 cm³/mol. The Morgan fingerprint density at radius 1 is 1.53 bits per heavy atom. The molecule has 0 unspecified atom stereocenters. The molecule has 0 aliphatic heterocycles. The lowest BCUT2D eigenvalue weighted by atomic mass is 10.1. The highest BCUT2D eigenvalue weighted by molar-refractivity contribution is 5.94. The van der Waals surface area contributed by atoms with Crippen LogP contribution in [0.4, 0.5) is 0 Å². The van der Waals surface area contributed by atoms with E-state index in [-0.39, 0.29) is 24.4 Å². The molecule has 0 aliphatic rings.